The molecule has 36 heavy (non-hydrogen) atoms. The molecule has 2 aliphatic carbocycles. The number of hydrogen-bond donors (Lipinski definition) is 0. The Morgan fingerprint density at radius 3 is 1.89 bits per heavy atom. The van der Waals surface area contributed by atoms with Crippen molar-refractivity contribution >= 4 is 22.4 Å². The van der Waals surface area contributed by atoms with Gasteiger partial charge in [0.05, 0.1) is 18.2 Å². The Hall–Kier alpha value is -1.55. The standard InChI is InChI=1S/C31H43ClF2O2/c1-3-5-21-6-8-22(9-7-21)10-11-23-12-14-24(15-13-23)20-36-27-19-25-16-17-26(35-18-4-2)29(32)28(25)31(34)30(27)33/h16-17,19,21-24H,3-15,18,20H2,1-2H3. The summed E-state index contributed by atoms with van der Waals surface area (Å²) in [6.07, 6.45) is 16.7. The molecule has 2 aliphatic rings. The van der Waals surface area contributed by atoms with Crippen LogP contribution in [0.5, 0.6) is 11.5 Å². The molecule has 2 nitrogen and oxygen atoms in total. The maximum atomic E-state index is 14.9. The van der Waals surface area contributed by atoms with Gasteiger partial charge in [-0.15, -0.1) is 0 Å². The minimum absolute atomic E-state index is 0.0286. The van der Waals surface area contributed by atoms with E-state index in [-0.39, 0.29) is 16.2 Å². The van der Waals surface area contributed by atoms with Gasteiger partial charge in [0.25, 0.3) is 0 Å². The maximum absolute atomic E-state index is 14.9. The molecule has 2 saturated carbocycles. The topological polar surface area (TPSA) is 18.5 Å². The van der Waals surface area contributed by atoms with E-state index in [4.69, 9.17) is 21.1 Å². The van der Waals surface area contributed by atoms with Gasteiger partial charge in [0, 0.05) is 5.39 Å². The van der Waals surface area contributed by atoms with Crippen LogP contribution in [0.25, 0.3) is 10.8 Å². The first-order valence-corrected chi connectivity index (χ1v) is 14.7. The first-order chi connectivity index (χ1) is 17.5. The van der Waals surface area contributed by atoms with Crippen molar-refractivity contribution in [2.24, 2.45) is 23.7 Å². The molecule has 0 heterocycles. The van der Waals surface area contributed by atoms with Gasteiger partial charge < -0.3 is 9.47 Å². The second-order valence-electron chi connectivity index (χ2n) is 11.3. The molecule has 2 fully saturated rings. The highest BCUT2D eigenvalue weighted by Crippen LogP contribution is 2.40. The van der Waals surface area contributed by atoms with Crippen molar-refractivity contribution in [1.82, 2.24) is 0 Å². The van der Waals surface area contributed by atoms with Crippen LogP contribution in [0.1, 0.15) is 97.3 Å². The van der Waals surface area contributed by atoms with Gasteiger partial charge in [-0.25, -0.2) is 4.39 Å². The Morgan fingerprint density at radius 1 is 0.722 bits per heavy atom. The summed E-state index contributed by atoms with van der Waals surface area (Å²) in [5.74, 6) is 1.54. The van der Waals surface area contributed by atoms with Crippen molar-refractivity contribution in [3.05, 3.63) is 34.9 Å². The van der Waals surface area contributed by atoms with E-state index < -0.39 is 11.6 Å². The molecule has 2 aromatic carbocycles. The predicted molar refractivity (Wildman–Crippen MR) is 145 cm³/mol. The molecule has 5 heteroatoms. The van der Waals surface area contributed by atoms with Gasteiger partial charge in [-0.1, -0.05) is 95.7 Å². The summed E-state index contributed by atoms with van der Waals surface area (Å²) in [6, 6.07) is 4.98. The highest BCUT2D eigenvalue weighted by atomic mass is 35.5. The molecule has 4 rings (SSSR count). The van der Waals surface area contributed by atoms with Gasteiger partial charge >= 0.3 is 0 Å². The van der Waals surface area contributed by atoms with Crippen molar-refractivity contribution in [3.8, 4) is 11.5 Å². The zero-order valence-corrected chi connectivity index (χ0v) is 22.9. The Balaban J connectivity index is 1.25. The van der Waals surface area contributed by atoms with Crippen molar-refractivity contribution in [2.45, 2.75) is 97.3 Å². The monoisotopic (exact) mass is 520 g/mol. The lowest BCUT2D eigenvalue weighted by molar-refractivity contribution is 0.165. The van der Waals surface area contributed by atoms with Gasteiger partial charge in [-0.3, -0.25) is 0 Å². The van der Waals surface area contributed by atoms with E-state index in [9.17, 15) is 8.78 Å². The Morgan fingerprint density at radius 2 is 1.31 bits per heavy atom. The van der Waals surface area contributed by atoms with E-state index in [0.717, 1.165) is 37.0 Å². The van der Waals surface area contributed by atoms with E-state index >= 15 is 0 Å². The lowest BCUT2D eigenvalue weighted by atomic mass is 9.75. The van der Waals surface area contributed by atoms with Crippen molar-refractivity contribution in [1.29, 1.82) is 0 Å². The molecule has 0 unspecified atom stereocenters. The van der Waals surface area contributed by atoms with Crippen LogP contribution < -0.4 is 9.47 Å². The highest BCUT2D eigenvalue weighted by molar-refractivity contribution is 6.37. The van der Waals surface area contributed by atoms with Gasteiger partial charge in [-0.2, -0.15) is 4.39 Å². The summed E-state index contributed by atoms with van der Waals surface area (Å²) in [6.45, 7) is 5.19. The molecule has 0 spiro atoms. The summed E-state index contributed by atoms with van der Waals surface area (Å²) < 4.78 is 41.2. The van der Waals surface area contributed by atoms with Gasteiger partial charge in [0.15, 0.2) is 11.6 Å². The normalized spacial score (nSPS) is 24.7. The second-order valence-corrected chi connectivity index (χ2v) is 11.7. The second kappa shape index (κ2) is 13.3. The highest BCUT2D eigenvalue weighted by Gasteiger charge is 2.26. The maximum Gasteiger partial charge on any atom is 0.201 e. The first-order valence-electron chi connectivity index (χ1n) is 14.4. The van der Waals surface area contributed by atoms with Crippen LogP contribution in [-0.4, -0.2) is 13.2 Å². The molecule has 0 amide bonds. The van der Waals surface area contributed by atoms with Crippen LogP contribution in [0.4, 0.5) is 8.78 Å². The molecule has 200 valence electrons. The smallest absolute Gasteiger partial charge is 0.201 e. The molecule has 0 aliphatic heterocycles. The molecule has 0 N–H and O–H groups in total. The molecule has 0 bridgehead atoms. The number of halogens is 3. The van der Waals surface area contributed by atoms with Crippen LogP contribution in [-0.2, 0) is 0 Å². The van der Waals surface area contributed by atoms with Crippen molar-refractivity contribution in [3.63, 3.8) is 0 Å². The number of hydrogen-bond acceptors (Lipinski definition) is 2. The van der Waals surface area contributed by atoms with Crippen LogP contribution >= 0.6 is 11.6 Å². The van der Waals surface area contributed by atoms with E-state index in [1.807, 2.05) is 6.92 Å². The fraction of sp³-hybridized carbons (Fsp3) is 0.677. The predicted octanol–water partition coefficient (Wildman–Crippen LogP) is 10.1. The fourth-order valence-electron chi connectivity index (χ4n) is 6.35. The fourth-order valence-corrected chi connectivity index (χ4v) is 6.66. The van der Waals surface area contributed by atoms with Gasteiger partial charge in [0.2, 0.25) is 5.82 Å². The van der Waals surface area contributed by atoms with Crippen LogP contribution in [0.3, 0.4) is 0 Å². The molecular weight excluding hydrogens is 478 g/mol. The number of rotatable bonds is 11. The van der Waals surface area contributed by atoms with E-state index in [1.54, 1.807) is 18.2 Å². The zero-order chi connectivity index (χ0) is 25.5. The zero-order valence-electron chi connectivity index (χ0n) is 22.1. The SMILES string of the molecule is CCCOc1ccc2cc(OCC3CCC(CCC4CCC(CCC)CC4)CC3)c(F)c(F)c2c1Cl. The van der Waals surface area contributed by atoms with Crippen molar-refractivity contribution in [2.75, 3.05) is 13.2 Å². The van der Waals surface area contributed by atoms with Gasteiger partial charge in [0.1, 0.15) is 5.75 Å². The summed E-state index contributed by atoms with van der Waals surface area (Å²) in [4.78, 5) is 0. The third-order valence-corrected chi connectivity index (χ3v) is 8.98. The molecule has 2 aromatic rings. The summed E-state index contributed by atoms with van der Waals surface area (Å²) >= 11 is 6.34. The minimum Gasteiger partial charge on any atom is -0.492 e. The molecule has 0 aromatic heterocycles. The molecule has 0 atom stereocenters. The van der Waals surface area contributed by atoms with Crippen LogP contribution in [0, 0.1) is 35.3 Å². The lowest BCUT2D eigenvalue weighted by Crippen LogP contribution is -2.21. The first kappa shape index (κ1) is 27.5. The third kappa shape index (κ3) is 6.85. The number of benzene rings is 2. The summed E-state index contributed by atoms with van der Waals surface area (Å²) in [5, 5.41) is 0.677. The molecular formula is C31H43ClF2O2. The van der Waals surface area contributed by atoms with E-state index in [2.05, 4.69) is 6.92 Å². The third-order valence-electron chi connectivity index (χ3n) is 8.60. The number of fused-ring (bicyclic) bond motifs is 1. The lowest BCUT2D eigenvalue weighted by Gasteiger charge is -2.32. The van der Waals surface area contributed by atoms with Crippen LogP contribution in [0.2, 0.25) is 5.02 Å². The van der Waals surface area contributed by atoms with E-state index in [1.165, 1.54) is 64.2 Å². The van der Waals surface area contributed by atoms with E-state index in [0.29, 0.717) is 30.3 Å². The average molecular weight is 521 g/mol. The Labute approximate surface area is 221 Å². The van der Waals surface area contributed by atoms with Gasteiger partial charge in [-0.05, 0) is 60.5 Å². The Bertz CT molecular complexity index is 978. The van der Waals surface area contributed by atoms with Crippen molar-refractivity contribution < 1.29 is 18.3 Å². The largest absolute Gasteiger partial charge is 0.492 e. The summed E-state index contributed by atoms with van der Waals surface area (Å²) in [5.41, 5.74) is 0. The molecule has 0 radical (unpaired) electrons. The Kier molecular flexibility index (Phi) is 10.2. The molecule has 0 saturated heterocycles. The minimum atomic E-state index is -0.973. The quantitative estimate of drug-likeness (QED) is 0.293. The summed E-state index contributed by atoms with van der Waals surface area (Å²) in [7, 11) is 0. The average Bonchev–Trinajstić information content (AvgIpc) is 2.90. The van der Waals surface area contributed by atoms with Crippen LogP contribution in [0.15, 0.2) is 18.2 Å². The number of ether oxygens (including phenoxy) is 2.